The van der Waals surface area contributed by atoms with Crippen LogP contribution < -0.4 is 0 Å². The minimum Gasteiger partial charge on any atom is -0.457 e. The molecule has 1 saturated heterocycles. The molecule has 9 heteroatoms. The van der Waals surface area contributed by atoms with Gasteiger partial charge in [0.25, 0.3) is 0 Å². The van der Waals surface area contributed by atoms with Gasteiger partial charge in [-0.3, -0.25) is 4.79 Å². The molecule has 0 aromatic carbocycles. The molecule has 0 radical (unpaired) electrons. The normalized spacial score (nSPS) is 20.3. The Hall–Kier alpha value is -1.07. The largest absolute Gasteiger partial charge is 0.457 e. The van der Waals surface area contributed by atoms with Crippen molar-refractivity contribution in [2.45, 2.75) is 269 Å². The maximum Gasteiger partial charge on any atom is 0.306 e. The number of ether oxygens (including phenoxy) is 4. The first-order chi connectivity index (χ1) is 28.4. The number of allylic oxidation sites excluding steroid dienone is 2. The predicted molar refractivity (Wildman–Crippen MR) is 238 cm³/mol. The molecular formula is C49H94O9. The summed E-state index contributed by atoms with van der Waals surface area (Å²) in [4.78, 5) is 12.7. The molecule has 1 rings (SSSR count). The molecule has 58 heavy (non-hydrogen) atoms. The summed E-state index contributed by atoms with van der Waals surface area (Å²) in [6.45, 7) is 4.55. The summed E-state index contributed by atoms with van der Waals surface area (Å²) in [5.74, 6) is -0.320. The molecule has 0 aromatic heterocycles. The third kappa shape index (κ3) is 31.8. The fraction of sp³-hybridized carbons (Fsp3) is 0.939. The number of hydrogen-bond donors (Lipinski definition) is 4. The second kappa shape index (κ2) is 41.3. The summed E-state index contributed by atoms with van der Waals surface area (Å²) in [5.41, 5.74) is 0. The van der Waals surface area contributed by atoms with Crippen molar-refractivity contribution < 1.29 is 44.2 Å². The van der Waals surface area contributed by atoms with E-state index in [0.717, 1.165) is 51.4 Å². The number of hydrogen-bond acceptors (Lipinski definition) is 9. The molecule has 0 saturated carbocycles. The highest BCUT2D eigenvalue weighted by atomic mass is 16.7. The van der Waals surface area contributed by atoms with Gasteiger partial charge >= 0.3 is 5.97 Å². The van der Waals surface area contributed by atoms with E-state index in [9.17, 15) is 25.2 Å². The topological polar surface area (TPSA) is 135 Å². The Morgan fingerprint density at radius 3 is 1.45 bits per heavy atom. The number of aliphatic hydroxyl groups is 4. The van der Waals surface area contributed by atoms with Gasteiger partial charge in [-0.05, 0) is 32.1 Å². The van der Waals surface area contributed by atoms with Gasteiger partial charge in [0.2, 0.25) is 0 Å². The van der Waals surface area contributed by atoms with Crippen LogP contribution in [-0.2, 0) is 23.7 Å². The number of carbonyl (C=O) groups is 1. The van der Waals surface area contributed by atoms with E-state index < -0.39 is 43.4 Å². The predicted octanol–water partition coefficient (Wildman–Crippen LogP) is 11.6. The fourth-order valence-corrected chi connectivity index (χ4v) is 7.77. The smallest absolute Gasteiger partial charge is 0.306 e. The van der Waals surface area contributed by atoms with Crippen LogP contribution in [0.4, 0.5) is 0 Å². The standard InChI is InChI=1S/C49H94O9/c1-3-5-7-9-11-13-15-16-17-18-19-20-21-22-23-24-25-26-27-29-31-33-35-37-39-55-41-43(42-56-49-48(54)47(53)46(52)44(40-50)58-49)57-45(51)38-36-34-32-30-28-14-12-10-8-6-4-2/h10,12,43-44,46-50,52-54H,3-9,11,13-42H2,1-2H3/b12-10-. The van der Waals surface area contributed by atoms with Crippen LogP contribution in [0.2, 0.25) is 0 Å². The Balaban J connectivity index is 2.13. The minimum absolute atomic E-state index is 0.111. The summed E-state index contributed by atoms with van der Waals surface area (Å²) in [6, 6.07) is 0. The first-order valence-electron chi connectivity index (χ1n) is 24.8. The molecule has 4 N–H and O–H groups in total. The highest BCUT2D eigenvalue weighted by molar-refractivity contribution is 5.69. The Labute approximate surface area is 356 Å². The van der Waals surface area contributed by atoms with E-state index in [1.54, 1.807) is 0 Å². The van der Waals surface area contributed by atoms with Crippen molar-refractivity contribution in [1.29, 1.82) is 0 Å². The first-order valence-corrected chi connectivity index (χ1v) is 24.8. The van der Waals surface area contributed by atoms with Crippen molar-refractivity contribution in [3.63, 3.8) is 0 Å². The highest BCUT2D eigenvalue weighted by Crippen LogP contribution is 2.23. The summed E-state index contributed by atoms with van der Waals surface area (Å²) < 4.78 is 22.8. The molecule has 6 atom stereocenters. The average Bonchev–Trinajstić information content (AvgIpc) is 3.22. The van der Waals surface area contributed by atoms with Gasteiger partial charge in [0.15, 0.2) is 6.29 Å². The minimum atomic E-state index is -1.53. The molecule has 9 nitrogen and oxygen atoms in total. The third-order valence-electron chi connectivity index (χ3n) is 11.7. The monoisotopic (exact) mass is 827 g/mol. The van der Waals surface area contributed by atoms with Crippen molar-refractivity contribution in [2.75, 3.05) is 26.4 Å². The van der Waals surface area contributed by atoms with Crippen LogP contribution in [-0.4, -0.2) is 89.6 Å². The number of rotatable bonds is 43. The molecule has 0 amide bonds. The lowest BCUT2D eigenvalue weighted by molar-refractivity contribution is -0.305. The number of esters is 1. The molecular weight excluding hydrogens is 733 g/mol. The van der Waals surface area contributed by atoms with Crippen LogP contribution in [0, 0.1) is 0 Å². The van der Waals surface area contributed by atoms with E-state index >= 15 is 0 Å². The Bertz CT molecular complexity index is 899. The van der Waals surface area contributed by atoms with Gasteiger partial charge in [-0.2, -0.15) is 0 Å². The van der Waals surface area contributed by atoms with Gasteiger partial charge in [-0.25, -0.2) is 0 Å². The first kappa shape index (κ1) is 54.9. The van der Waals surface area contributed by atoms with Gasteiger partial charge in [0.05, 0.1) is 19.8 Å². The molecule has 0 aromatic rings. The van der Waals surface area contributed by atoms with Gasteiger partial charge in [-0.1, -0.05) is 206 Å². The Kier molecular flexibility index (Phi) is 39.1. The number of unbranched alkanes of at least 4 members (excludes halogenated alkanes) is 30. The van der Waals surface area contributed by atoms with Crippen LogP contribution in [0.25, 0.3) is 0 Å². The van der Waals surface area contributed by atoms with Crippen molar-refractivity contribution in [3.8, 4) is 0 Å². The second-order valence-corrected chi connectivity index (χ2v) is 17.3. The summed E-state index contributed by atoms with van der Waals surface area (Å²) in [7, 11) is 0. The zero-order valence-corrected chi connectivity index (χ0v) is 37.8. The van der Waals surface area contributed by atoms with E-state index in [1.807, 2.05) is 0 Å². The van der Waals surface area contributed by atoms with Crippen molar-refractivity contribution >= 4 is 5.97 Å². The Morgan fingerprint density at radius 2 is 0.966 bits per heavy atom. The van der Waals surface area contributed by atoms with Crippen molar-refractivity contribution in [2.24, 2.45) is 0 Å². The summed E-state index contributed by atoms with van der Waals surface area (Å²) >= 11 is 0. The lowest BCUT2D eigenvalue weighted by Gasteiger charge is -2.39. The third-order valence-corrected chi connectivity index (χ3v) is 11.7. The molecule has 0 spiro atoms. The average molecular weight is 827 g/mol. The lowest BCUT2D eigenvalue weighted by atomic mass is 9.99. The maximum absolute atomic E-state index is 12.7. The van der Waals surface area contributed by atoms with Crippen LogP contribution in [0.5, 0.6) is 0 Å². The van der Waals surface area contributed by atoms with E-state index in [0.29, 0.717) is 13.0 Å². The van der Waals surface area contributed by atoms with Crippen molar-refractivity contribution in [3.05, 3.63) is 12.2 Å². The van der Waals surface area contributed by atoms with Crippen LogP contribution in [0.1, 0.15) is 232 Å². The number of carbonyl (C=O) groups excluding carboxylic acids is 1. The zero-order valence-electron chi connectivity index (χ0n) is 37.8. The summed E-state index contributed by atoms with van der Waals surface area (Å²) in [5, 5.41) is 40.1. The van der Waals surface area contributed by atoms with E-state index in [-0.39, 0.29) is 19.2 Å². The zero-order chi connectivity index (χ0) is 42.2. The fourth-order valence-electron chi connectivity index (χ4n) is 7.77. The summed E-state index contributed by atoms with van der Waals surface area (Å²) in [6.07, 6.45) is 39.8. The molecule has 1 heterocycles. The molecule has 1 fully saturated rings. The molecule has 1 aliphatic heterocycles. The van der Waals surface area contributed by atoms with E-state index in [1.165, 1.54) is 161 Å². The highest BCUT2D eigenvalue weighted by Gasteiger charge is 2.44. The van der Waals surface area contributed by atoms with E-state index in [2.05, 4.69) is 26.0 Å². The Morgan fingerprint density at radius 1 is 0.534 bits per heavy atom. The van der Waals surface area contributed by atoms with Crippen LogP contribution in [0.3, 0.4) is 0 Å². The number of aliphatic hydroxyl groups excluding tert-OH is 4. The molecule has 6 unspecified atom stereocenters. The van der Waals surface area contributed by atoms with Gasteiger partial charge in [0, 0.05) is 13.0 Å². The molecule has 0 aliphatic carbocycles. The molecule has 0 bridgehead atoms. The van der Waals surface area contributed by atoms with Gasteiger partial charge in [0.1, 0.15) is 30.5 Å². The second-order valence-electron chi connectivity index (χ2n) is 17.3. The quantitative estimate of drug-likeness (QED) is 0.0269. The molecule has 1 aliphatic rings. The van der Waals surface area contributed by atoms with Gasteiger partial charge in [-0.15, -0.1) is 0 Å². The van der Waals surface area contributed by atoms with E-state index in [4.69, 9.17) is 18.9 Å². The van der Waals surface area contributed by atoms with Crippen LogP contribution in [0.15, 0.2) is 12.2 Å². The van der Waals surface area contributed by atoms with Gasteiger partial charge < -0.3 is 39.4 Å². The molecule has 344 valence electrons. The van der Waals surface area contributed by atoms with Crippen molar-refractivity contribution in [1.82, 2.24) is 0 Å². The SMILES string of the molecule is CCCC/C=C\CCCCCCCC(=O)OC(COCCCCCCCCCCCCCCCCCCCCCCCCCC)COC1OC(CO)C(O)C(O)C1O. The lowest BCUT2D eigenvalue weighted by Crippen LogP contribution is -2.59. The maximum atomic E-state index is 12.7. The van der Waals surface area contributed by atoms with Crippen LogP contribution >= 0.6 is 0 Å².